The molecule has 0 heterocycles. The van der Waals surface area contributed by atoms with Crippen molar-refractivity contribution in [2.75, 3.05) is 0 Å². The molecule has 7 rings (SSSR count). The first-order valence-corrected chi connectivity index (χ1v) is 23.4. The van der Waals surface area contributed by atoms with E-state index in [4.69, 9.17) is 0 Å². The van der Waals surface area contributed by atoms with Gasteiger partial charge in [0.05, 0.1) is 0 Å². The van der Waals surface area contributed by atoms with Gasteiger partial charge in [-0.25, -0.2) is 0 Å². The van der Waals surface area contributed by atoms with Gasteiger partial charge in [0.1, 0.15) is 0 Å². The van der Waals surface area contributed by atoms with Gasteiger partial charge in [-0.05, 0) is 0 Å². The Labute approximate surface area is 259 Å². The Morgan fingerprint density at radius 3 is 1.57 bits per heavy atom. The Hall–Kier alpha value is -2.22. The number of halogens is 2. The maximum atomic E-state index is 2.46. The number of hydrogen-bond donors (Lipinski definition) is 0. The predicted molar refractivity (Wildman–Crippen MR) is 164 cm³/mol. The van der Waals surface area contributed by atoms with E-state index >= 15 is 0 Å². The number of benzene rings is 5. The topological polar surface area (TPSA) is 0 Å². The average Bonchev–Trinajstić information content (AvgIpc) is 3.47. The van der Waals surface area contributed by atoms with E-state index in [0.717, 1.165) is 12.8 Å². The van der Waals surface area contributed by atoms with Gasteiger partial charge >= 0.3 is 237 Å². The normalized spacial score (nSPS) is 14.1. The Morgan fingerprint density at radius 1 is 0.575 bits per heavy atom. The quantitative estimate of drug-likeness (QED) is 0.247. The van der Waals surface area contributed by atoms with E-state index < -0.39 is 20.9 Å². The van der Waals surface area contributed by atoms with Crippen LogP contribution >= 0.6 is 0 Å². The summed E-state index contributed by atoms with van der Waals surface area (Å²) in [6, 6.07) is 40.4. The molecule has 0 nitrogen and oxygen atoms in total. The summed E-state index contributed by atoms with van der Waals surface area (Å²) in [4.78, 5) is 0. The second-order valence-corrected chi connectivity index (χ2v) is 25.0. The summed E-state index contributed by atoms with van der Waals surface area (Å²) in [5, 5.41) is 5.77. The van der Waals surface area contributed by atoms with Crippen LogP contribution in [0.25, 0.3) is 28.1 Å². The van der Waals surface area contributed by atoms with Crippen molar-refractivity contribution >= 4 is 34.8 Å². The molecule has 0 spiro atoms. The van der Waals surface area contributed by atoms with E-state index in [9.17, 15) is 0 Å². The van der Waals surface area contributed by atoms with Gasteiger partial charge < -0.3 is 24.8 Å². The standard InChI is InChI=1S/2C14H11.C8H11Si.2ClH.Zr/c2*1-10-8-12-7-6-11-4-2-3-5-13(11)14(12)9-10;9-7-6-8-4-2-1-3-5-8;;;/h2*2-7H,8H2,1H3;1-5H,6-7,9H2;2*1H;/q;;;;;+2/p-2. The van der Waals surface area contributed by atoms with Crippen LogP contribution in [0.15, 0.2) is 114 Å². The van der Waals surface area contributed by atoms with Gasteiger partial charge in [-0.1, -0.05) is 0 Å². The molecule has 0 saturated carbocycles. The fraction of sp³-hybridized carbons (Fsp3) is 0.167. The molecule has 5 aromatic rings. The maximum Gasteiger partial charge on any atom is -1.00 e. The molecule has 5 aromatic carbocycles. The number of rotatable bonds is 6. The molecule has 0 unspecified atom stereocenters. The van der Waals surface area contributed by atoms with E-state index in [1.165, 1.54) is 39.6 Å². The van der Waals surface area contributed by atoms with Gasteiger partial charge in [-0.2, -0.15) is 0 Å². The van der Waals surface area contributed by atoms with Crippen molar-refractivity contribution in [2.45, 2.75) is 39.2 Å². The van der Waals surface area contributed by atoms with Crippen molar-refractivity contribution in [3.63, 3.8) is 0 Å². The molecule has 0 amide bonds. The number of hydrogen-bond acceptors (Lipinski definition) is 0. The zero-order valence-electron chi connectivity index (χ0n) is 23.1. The van der Waals surface area contributed by atoms with Crippen molar-refractivity contribution in [3.05, 3.63) is 142 Å². The number of fused-ring (bicyclic) bond motifs is 6. The average molecular weight is 656 g/mol. The summed E-state index contributed by atoms with van der Waals surface area (Å²) in [6.45, 7) is 4.66. The van der Waals surface area contributed by atoms with Gasteiger partial charge in [0.2, 0.25) is 0 Å². The van der Waals surface area contributed by atoms with Crippen LogP contribution in [0.1, 0.15) is 41.7 Å². The Balaban J connectivity index is 0.00000161. The van der Waals surface area contributed by atoms with Crippen LogP contribution < -0.4 is 24.8 Å². The van der Waals surface area contributed by atoms with Crippen LogP contribution in [0.2, 0.25) is 6.04 Å². The zero-order valence-corrected chi connectivity index (χ0v) is 28.5. The fourth-order valence-electron chi connectivity index (χ4n) is 7.00. The van der Waals surface area contributed by atoms with Crippen molar-refractivity contribution in [3.8, 4) is 0 Å². The maximum absolute atomic E-state index is 2.46. The van der Waals surface area contributed by atoms with Gasteiger partial charge in [0.15, 0.2) is 0 Å². The minimum atomic E-state index is -2.19. The summed E-state index contributed by atoms with van der Waals surface area (Å²) in [5.41, 5.74) is 11.3. The van der Waals surface area contributed by atoms with Crippen molar-refractivity contribution < 1.29 is 45.7 Å². The molecule has 0 bridgehead atoms. The number of aryl methyl sites for hydroxylation is 1. The monoisotopic (exact) mass is 653 g/mol. The third kappa shape index (κ3) is 5.14. The predicted octanol–water partition coefficient (Wildman–Crippen LogP) is 2.64. The third-order valence-electron chi connectivity index (χ3n) is 8.63. The second-order valence-electron chi connectivity index (χ2n) is 11.1. The summed E-state index contributed by atoms with van der Waals surface area (Å²) in [6.07, 6.45) is 3.52. The fourth-order valence-corrected chi connectivity index (χ4v) is 28.2. The van der Waals surface area contributed by atoms with Crippen LogP contribution in [0, 0.1) is 0 Å². The van der Waals surface area contributed by atoms with Crippen LogP contribution in [-0.4, -0.2) is 6.65 Å². The third-order valence-corrected chi connectivity index (χ3v) is 26.6. The van der Waals surface area contributed by atoms with Gasteiger partial charge in [-0.3, -0.25) is 0 Å². The molecule has 40 heavy (non-hydrogen) atoms. The van der Waals surface area contributed by atoms with Crippen LogP contribution in [0.4, 0.5) is 0 Å². The largest absolute Gasteiger partial charge is 1.00 e. The molecule has 0 fully saturated rings. The van der Waals surface area contributed by atoms with Crippen LogP contribution in [-0.2, 0) is 40.2 Å². The molecular weight excluding hydrogens is 623 g/mol. The molecule has 4 heteroatoms. The Morgan fingerprint density at radius 2 is 1.05 bits per heavy atom. The summed E-state index contributed by atoms with van der Waals surface area (Å²) in [7, 11) is 0. The van der Waals surface area contributed by atoms with Crippen molar-refractivity contribution in [1.82, 2.24) is 0 Å². The minimum Gasteiger partial charge on any atom is -1.00 e. The van der Waals surface area contributed by atoms with Gasteiger partial charge in [-0.15, -0.1) is 0 Å². The molecule has 0 aromatic heterocycles. The first-order valence-electron chi connectivity index (χ1n) is 14.0. The molecule has 0 N–H and O–H groups in total. The smallest absolute Gasteiger partial charge is 1.00 e. The van der Waals surface area contributed by atoms with E-state index in [1.807, 2.05) is 6.56 Å². The zero-order chi connectivity index (χ0) is 25.6. The van der Waals surface area contributed by atoms with E-state index in [-0.39, 0.29) is 31.5 Å². The molecule has 2 aliphatic rings. The van der Waals surface area contributed by atoms with Gasteiger partial charge in [0.25, 0.3) is 0 Å². The van der Waals surface area contributed by atoms with E-state index in [0.29, 0.717) is 0 Å². The molecule has 199 valence electrons. The van der Waals surface area contributed by atoms with E-state index in [2.05, 4.69) is 117 Å². The molecule has 2 aliphatic carbocycles. The van der Waals surface area contributed by atoms with Crippen molar-refractivity contribution in [2.24, 2.45) is 0 Å². The summed E-state index contributed by atoms with van der Waals surface area (Å²) >= 11 is -2.19. The van der Waals surface area contributed by atoms with Crippen LogP contribution in [0.5, 0.6) is 0 Å². The van der Waals surface area contributed by atoms with Crippen molar-refractivity contribution in [1.29, 1.82) is 0 Å². The SMILES string of the molecule is CC1=[C]([Zr+2]([SiH2]CCc2ccccc2)[C]2=C(C)Cc3ccc4ccccc4c32)c2c(ccc3ccccc23)C1.[Cl-].[Cl-]. The van der Waals surface area contributed by atoms with E-state index in [1.54, 1.807) is 33.4 Å². The first-order chi connectivity index (χ1) is 18.7. The number of allylic oxidation sites excluding steroid dienone is 2. The molecule has 0 aliphatic heterocycles. The Kier molecular flexibility index (Phi) is 9.03. The Bertz CT molecular complexity index is 1660. The summed E-state index contributed by atoms with van der Waals surface area (Å²) in [5.74, 6) is 0. The molecule has 0 saturated heterocycles. The molecule has 0 radical (unpaired) electrons. The molecule has 0 atom stereocenters. The molecular formula is C36H33Cl2SiZr. The summed E-state index contributed by atoms with van der Waals surface area (Å²) < 4.78 is 3.71. The second kappa shape index (κ2) is 12.3. The minimum absolute atomic E-state index is 0. The van der Waals surface area contributed by atoms with Gasteiger partial charge in [0, 0.05) is 0 Å². The van der Waals surface area contributed by atoms with Crippen LogP contribution in [0.3, 0.4) is 0 Å². The first kappa shape index (κ1) is 29.3.